The Bertz CT molecular complexity index is 1170. The number of carbonyl (C=O) groups is 1. The van der Waals surface area contributed by atoms with Crippen LogP contribution in [0, 0.1) is 0 Å². The fourth-order valence-electron chi connectivity index (χ4n) is 3.98. The average molecular weight is 426 g/mol. The molecule has 0 unspecified atom stereocenters. The Morgan fingerprint density at radius 2 is 1.66 bits per heavy atom. The van der Waals surface area contributed by atoms with Crippen molar-refractivity contribution in [2.75, 3.05) is 7.11 Å². The third kappa shape index (κ3) is 4.06. The predicted molar refractivity (Wildman–Crippen MR) is 121 cm³/mol. The summed E-state index contributed by atoms with van der Waals surface area (Å²) < 4.78 is 11.6. The largest absolute Gasteiger partial charge is 0.467 e. The van der Waals surface area contributed by atoms with Gasteiger partial charge in [0.1, 0.15) is 0 Å². The van der Waals surface area contributed by atoms with Gasteiger partial charge in [-0.2, -0.15) is 0 Å². The zero-order chi connectivity index (χ0) is 22.4. The Kier molecular flexibility index (Phi) is 6.19. The van der Waals surface area contributed by atoms with Crippen molar-refractivity contribution in [1.82, 2.24) is 0 Å². The number of rotatable bonds is 7. The number of aliphatic imine (C=N–C) groups is 1. The molecular weight excluding hydrogens is 404 g/mol. The highest BCUT2D eigenvalue weighted by Crippen LogP contribution is 2.43. The first-order valence-corrected chi connectivity index (χ1v) is 10.2. The third-order valence-electron chi connectivity index (χ3n) is 5.51. The van der Waals surface area contributed by atoms with E-state index in [9.17, 15) is 4.79 Å². The minimum Gasteiger partial charge on any atom is -0.467 e. The standard InChI is InChI=1S/C25H22N4O3/c1-31-24(30)25(16-20-14-8-9-15-21(20)17-27-29-26)22(18-10-4-2-5-11-18)32-23(28-25)19-12-6-3-7-13-19/h2-15,22H,16-17H2,1H3/t22-,25-/m0/s1. The van der Waals surface area contributed by atoms with Crippen molar-refractivity contribution in [3.05, 3.63) is 118 Å². The molecule has 1 heterocycles. The van der Waals surface area contributed by atoms with Crippen LogP contribution in [0.5, 0.6) is 0 Å². The minimum atomic E-state index is -1.34. The lowest BCUT2D eigenvalue weighted by Gasteiger charge is -2.30. The maximum Gasteiger partial charge on any atom is 0.338 e. The number of hydrogen-bond donors (Lipinski definition) is 0. The first-order chi connectivity index (χ1) is 15.7. The Morgan fingerprint density at radius 3 is 2.31 bits per heavy atom. The van der Waals surface area contributed by atoms with E-state index in [-0.39, 0.29) is 13.0 Å². The summed E-state index contributed by atoms with van der Waals surface area (Å²) in [7, 11) is 1.36. The van der Waals surface area contributed by atoms with Gasteiger partial charge in [-0.15, -0.1) is 0 Å². The molecule has 0 radical (unpaired) electrons. The molecule has 7 nitrogen and oxygen atoms in total. The van der Waals surface area contributed by atoms with Crippen molar-refractivity contribution in [2.45, 2.75) is 24.6 Å². The predicted octanol–water partition coefficient (Wildman–Crippen LogP) is 5.17. The van der Waals surface area contributed by atoms with E-state index in [1.807, 2.05) is 84.9 Å². The fraction of sp³-hybridized carbons (Fsp3) is 0.200. The van der Waals surface area contributed by atoms with Crippen LogP contribution in [0.2, 0.25) is 0 Å². The van der Waals surface area contributed by atoms with Crippen LogP contribution in [0.1, 0.15) is 28.4 Å². The second-order valence-corrected chi connectivity index (χ2v) is 7.44. The molecule has 0 saturated carbocycles. The van der Waals surface area contributed by atoms with Gasteiger partial charge in [0, 0.05) is 16.9 Å². The zero-order valence-electron chi connectivity index (χ0n) is 17.6. The molecule has 0 saturated heterocycles. The van der Waals surface area contributed by atoms with Crippen LogP contribution in [-0.4, -0.2) is 24.5 Å². The summed E-state index contributed by atoms with van der Waals surface area (Å²) in [6, 6.07) is 26.6. The fourth-order valence-corrected chi connectivity index (χ4v) is 3.98. The molecule has 7 heteroatoms. The molecule has 0 N–H and O–H groups in total. The van der Waals surface area contributed by atoms with E-state index >= 15 is 0 Å². The smallest absolute Gasteiger partial charge is 0.338 e. The molecule has 3 aromatic carbocycles. The summed E-state index contributed by atoms with van der Waals surface area (Å²) >= 11 is 0. The van der Waals surface area contributed by atoms with Gasteiger partial charge in [0.15, 0.2) is 6.10 Å². The molecular formula is C25H22N4O3. The zero-order valence-corrected chi connectivity index (χ0v) is 17.6. The summed E-state index contributed by atoms with van der Waals surface area (Å²) in [5.74, 6) is -0.103. The maximum absolute atomic E-state index is 13.3. The van der Waals surface area contributed by atoms with Crippen molar-refractivity contribution in [2.24, 2.45) is 10.1 Å². The number of hydrogen-bond acceptors (Lipinski definition) is 5. The second-order valence-electron chi connectivity index (χ2n) is 7.44. The monoisotopic (exact) mass is 426 g/mol. The Hall–Kier alpha value is -4.09. The topological polar surface area (TPSA) is 96.7 Å². The highest BCUT2D eigenvalue weighted by molar-refractivity contribution is 5.99. The number of esters is 1. The van der Waals surface area contributed by atoms with E-state index in [4.69, 9.17) is 20.0 Å². The van der Waals surface area contributed by atoms with E-state index in [1.165, 1.54) is 7.11 Å². The molecule has 160 valence electrons. The number of methoxy groups -OCH3 is 1. The van der Waals surface area contributed by atoms with Gasteiger partial charge in [0.2, 0.25) is 11.4 Å². The molecule has 4 rings (SSSR count). The molecule has 0 spiro atoms. The Labute approximate surface area is 186 Å². The van der Waals surface area contributed by atoms with E-state index < -0.39 is 17.6 Å². The van der Waals surface area contributed by atoms with Crippen LogP contribution in [0.15, 0.2) is 95.0 Å². The first-order valence-electron chi connectivity index (χ1n) is 10.2. The molecule has 0 bridgehead atoms. The molecule has 3 aromatic rings. The van der Waals surface area contributed by atoms with Crippen LogP contribution in [0.25, 0.3) is 10.4 Å². The van der Waals surface area contributed by atoms with E-state index in [1.54, 1.807) is 0 Å². The highest BCUT2D eigenvalue weighted by Gasteiger charge is 2.54. The van der Waals surface area contributed by atoms with Crippen molar-refractivity contribution in [3.8, 4) is 0 Å². The van der Waals surface area contributed by atoms with E-state index in [0.29, 0.717) is 5.90 Å². The Balaban J connectivity index is 1.87. The van der Waals surface area contributed by atoms with Gasteiger partial charge in [0.25, 0.3) is 0 Å². The summed E-state index contributed by atoms with van der Waals surface area (Å²) in [6.07, 6.45) is -0.453. The molecule has 0 amide bonds. The molecule has 0 aliphatic carbocycles. The van der Waals surface area contributed by atoms with Crippen LogP contribution in [0.3, 0.4) is 0 Å². The van der Waals surface area contributed by atoms with Gasteiger partial charge < -0.3 is 9.47 Å². The van der Waals surface area contributed by atoms with Gasteiger partial charge in [-0.25, -0.2) is 9.79 Å². The van der Waals surface area contributed by atoms with E-state index in [2.05, 4.69) is 10.0 Å². The van der Waals surface area contributed by atoms with Gasteiger partial charge in [0.05, 0.1) is 13.7 Å². The SMILES string of the molecule is COC(=O)[C@@]1(Cc2ccccc2CN=[N+]=[N-])N=C(c2ccccc2)O[C@H]1c1ccccc1. The van der Waals surface area contributed by atoms with Crippen molar-refractivity contribution >= 4 is 11.9 Å². The van der Waals surface area contributed by atoms with E-state index in [0.717, 1.165) is 22.3 Å². The molecule has 1 aliphatic heterocycles. The number of benzene rings is 3. The normalized spacial score (nSPS) is 19.4. The lowest BCUT2D eigenvalue weighted by molar-refractivity contribution is -0.149. The summed E-state index contributed by atoms with van der Waals surface area (Å²) in [5.41, 5.74) is 10.7. The van der Waals surface area contributed by atoms with Crippen molar-refractivity contribution in [3.63, 3.8) is 0 Å². The second kappa shape index (κ2) is 9.37. The quantitative estimate of drug-likeness (QED) is 0.226. The highest BCUT2D eigenvalue weighted by atomic mass is 16.5. The number of azide groups is 1. The molecule has 0 aromatic heterocycles. The number of nitrogens with zero attached hydrogens (tertiary/aromatic N) is 4. The third-order valence-corrected chi connectivity index (χ3v) is 5.51. The number of carbonyl (C=O) groups excluding carboxylic acids is 1. The average Bonchev–Trinajstić information content (AvgIpc) is 3.24. The van der Waals surface area contributed by atoms with Crippen molar-refractivity contribution in [1.29, 1.82) is 0 Å². The lowest BCUT2D eigenvalue weighted by Crippen LogP contribution is -2.44. The molecule has 0 fully saturated rings. The van der Waals surface area contributed by atoms with Gasteiger partial charge in [-0.1, -0.05) is 77.9 Å². The maximum atomic E-state index is 13.3. The molecule has 2 atom stereocenters. The number of ether oxygens (including phenoxy) is 2. The van der Waals surface area contributed by atoms with Crippen LogP contribution in [-0.2, 0) is 27.2 Å². The first kappa shape index (κ1) is 21.2. The lowest BCUT2D eigenvalue weighted by atomic mass is 9.81. The van der Waals surface area contributed by atoms with Crippen LogP contribution < -0.4 is 0 Å². The summed E-state index contributed by atoms with van der Waals surface area (Å²) in [5, 5.41) is 3.70. The molecule has 32 heavy (non-hydrogen) atoms. The minimum absolute atomic E-state index is 0.177. The van der Waals surface area contributed by atoms with Crippen LogP contribution >= 0.6 is 0 Å². The van der Waals surface area contributed by atoms with Crippen molar-refractivity contribution < 1.29 is 14.3 Å². The van der Waals surface area contributed by atoms with Crippen LogP contribution in [0.4, 0.5) is 0 Å². The van der Waals surface area contributed by atoms with Gasteiger partial charge in [-0.3, -0.25) is 0 Å². The van der Waals surface area contributed by atoms with Gasteiger partial charge >= 0.3 is 5.97 Å². The molecule has 1 aliphatic rings. The summed E-state index contributed by atoms with van der Waals surface area (Å²) in [6.45, 7) is 0.177. The Morgan fingerprint density at radius 1 is 1.03 bits per heavy atom. The summed E-state index contributed by atoms with van der Waals surface area (Å²) in [4.78, 5) is 21.1. The van der Waals surface area contributed by atoms with Gasteiger partial charge in [-0.05, 0) is 34.4 Å².